The van der Waals surface area contributed by atoms with Gasteiger partial charge in [0.2, 0.25) is 5.91 Å². The predicted octanol–water partition coefficient (Wildman–Crippen LogP) is 4.39. The Balaban J connectivity index is 1.51. The normalized spacial score (nSPS) is 20.3. The van der Waals surface area contributed by atoms with Crippen molar-refractivity contribution in [1.82, 2.24) is 15.1 Å². The van der Waals surface area contributed by atoms with Crippen molar-refractivity contribution in [2.45, 2.75) is 50.5 Å². The van der Waals surface area contributed by atoms with E-state index in [1.807, 2.05) is 29.6 Å². The van der Waals surface area contributed by atoms with Crippen LogP contribution in [0.5, 0.6) is 0 Å². The SMILES string of the molecule is CCN1C(=O)C(CCNc2cccc(CCN3CCC(C(F)(F)F)CC3)c2)SC1=C(C#N)C(=O)NCC(F)F. The van der Waals surface area contributed by atoms with E-state index in [0.29, 0.717) is 39.0 Å². The van der Waals surface area contributed by atoms with E-state index in [1.54, 1.807) is 13.0 Å². The van der Waals surface area contributed by atoms with Gasteiger partial charge in [0.25, 0.3) is 12.3 Å². The highest BCUT2D eigenvalue weighted by molar-refractivity contribution is 8.04. The lowest BCUT2D eigenvalue weighted by Gasteiger charge is -2.32. The second-order valence-electron chi connectivity index (χ2n) is 9.41. The standard InChI is InChI=1S/C26H32F5N5O2S/c1-2-36-24(38)21(39-25(36)20(15-32)23(37)34-16-22(27)28)6-10-33-19-5-3-4-17(14-19)7-11-35-12-8-18(9-13-35)26(29,30)31/h3-5,14,18,21-22,33H,2,6-13,16H2,1H3,(H,34,37). The Bertz CT molecular complexity index is 1080. The number of hydrogen-bond acceptors (Lipinski definition) is 6. The number of hydrogen-bond donors (Lipinski definition) is 2. The molecule has 0 spiro atoms. The fourth-order valence-corrected chi connectivity index (χ4v) is 5.94. The van der Waals surface area contributed by atoms with Crippen LogP contribution in [0.15, 0.2) is 34.9 Å². The molecule has 39 heavy (non-hydrogen) atoms. The van der Waals surface area contributed by atoms with Gasteiger partial charge >= 0.3 is 6.18 Å². The minimum absolute atomic E-state index is 0.131. The van der Waals surface area contributed by atoms with Crippen LogP contribution < -0.4 is 10.6 Å². The van der Waals surface area contributed by atoms with Gasteiger partial charge in [-0.05, 0) is 63.4 Å². The number of halogens is 5. The third-order valence-corrected chi connectivity index (χ3v) is 8.13. The van der Waals surface area contributed by atoms with Crippen molar-refractivity contribution in [2.24, 2.45) is 5.92 Å². The molecule has 2 amide bonds. The summed E-state index contributed by atoms with van der Waals surface area (Å²) in [7, 11) is 0. The summed E-state index contributed by atoms with van der Waals surface area (Å²) in [4.78, 5) is 28.5. The summed E-state index contributed by atoms with van der Waals surface area (Å²) < 4.78 is 63.6. The number of nitrogens with one attached hydrogen (secondary N) is 2. The Hall–Kier alpha value is -2.85. The molecule has 2 heterocycles. The molecule has 1 unspecified atom stereocenters. The summed E-state index contributed by atoms with van der Waals surface area (Å²) in [6, 6.07) is 9.44. The van der Waals surface area contributed by atoms with Crippen LogP contribution in [0.3, 0.4) is 0 Å². The van der Waals surface area contributed by atoms with Crippen LogP contribution in [0.4, 0.5) is 27.6 Å². The number of piperidine rings is 1. The molecular formula is C26H32F5N5O2S. The van der Waals surface area contributed by atoms with Crippen molar-refractivity contribution < 1.29 is 31.5 Å². The van der Waals surface area contributed by atoms with Gasteiger partial charge in [0.1, 0.15) is 16.7 Å². The minimum atomic E-state index is -4.12. The Kier molecular flexibility index (Phi) is 11.0. The van der Waals surface area contributed by atoms with Crippen molar-refractivity contribution in [3.05, 3.63) is 40.4 Å². The Labute approximate surface area is 228 Å². The van der Waals surface area contributed by atoms with Crippen LogP contribution in [-0.4, -0.2) is 78.7 Å². The first kappa shape index (κ1) is 30.7. The molecule has 1 aromatic rings. The average Bonchev–Trinajstić information content (AvgIpc) is 3.21. The molecule has 2 fully saturated rings. The van der Waals surface area contributed by atoms with Gasteiger partial charge in [0.15, 0.2) is 0 Å². The van der Waals surface area contributed by atoms with E-state index in [1.165, 1.54) is 4.90 Å². The van der Waals surface area contributed by atoms with Gasteiger partial charge in [0, 0.05) is 25.3 Å². The lowest BCUT2D eigenvalue weighted by molar-refractivity contribution is -0.185. The zero-order valence-electron chi connectivity index (χ0n) is 21.6. The Morgan fingerprint density at radius 2 is 1.97 bits per heavy atom. The van der Waals surface area contributed by atoms with E-state index < -0.39 is 36.2 Å². The molecule has 2 aliphatic heterocycles. The summed E-state index contributed by atoms with van der Waals surface area (Å²) in [5, 5.41) is 14.4. The van der Waals surface area contributed by atoms with Gasteiger partial charge in [-0.1, -0.05) is 23.9 Å². The number of amides is 2. The first-order valence-corrected chi connectivity index (χ1v) is 13.7. The van der Waals surface area contributed by atoms with Crippen LogP contribution in [-0.2, 0) is 16.0 Å². The van der Waals surface area contributed by atoms with Crippen molar-refractivity contribution in [3.8, 4) is 6.07 Å². The topological polar surface area (TPSA) is 88.5 Å². The number of carbonyl (C=O) groups excluding carboxylic acids is 2. The monoisotopic (exact) mass is 573 g/mol. The summed E-state index contributed by atoms with van der Waals surface area (Å²) in [5.41, 5.74) is 1.52. The fraction of sp³-hybridized carbons (Fsp3) is 0.577. The van der Waals surface area contributed by atoms with Gasteiger partial charge in [-0.3, -0.25) is 9.59 Å². The number of nitriles is 1. The van der Waals surface area contributed by atoms with Crippen molar-refractivity contribution in [3.63, 3.8) is 0 Å². The number of anilines is 1. The molecular weight excluding hydrogens is 541 g/mol. The number of rotatable bonds is 11. The first-order valence-electron chi connectivity index (χ1n) is 12.8. The molecule has 13 heteroatoms. The number of thioether (sulfide) groups is 1. The lowest BCUT2D eigenvalue weighted by atomic mass is 9.96. The van der Waals surface area contributed by atoms with E-state index in [9.17, 15) is 36.8 Å². The summed E-state index contributed by atoms with van der Waals surface area (Å²) in [6.07, 6.45) is -5.51. The molecule has 2 saturated heterocycles. The number of likely N-dealkylation sites (tertiary alicyclic amines) is 1. The summed E-state index contributed by atoms with van der Waals surface area (Å²) >= 11 is 1.08. The van der Waals surface area contributed by atoms with E-state index in [2.05, 4.69) is 10.2 Å². The van der Waals surface area contributed by atoms with Gasteiger partial charge in [-0.2, -0.15) is 18.4 Å². The minimum Gasteiger partial charge on any atom is -0.385 e. The van der Waals surface area contributed by atoms with E-state index in [4.69, 9.17) is 0 Å². The van der Waals surface area contributed by atoms with Crippen molar-refractivity contribution >= 4 is 29.3 Å². The van der Waals surface area contributed by atoms with Gasteiger partial charge in [0.05, 0.1) is 17.7 Å². The second kappa shape index (κ2) is 14.0. The molecule has 2 N–H and O–H groups in total. The molecule has 214 valence electrons. The highest BCUT2D eigenvalue weighted by Gasteiger charge is 2.41. The molecule has 0 saturated carbocycles. The van der Waals surface area contributed by atoms with Gasteiger partial charge in [-0.15, -0.1) is 0 Å². The van der Waals surface area contributed by atoms with Crippen LogP contribution in [0, 0.1) is 17.2 Å². The first-order chi connectivity index (χ1) is 18.5. The number of benzene rings is 1. The van der Waals surface area contributed by atoms with E-state index in [0.717, 1.165) is 23.0 Å². The smallest absolute Gasteiger partial charge is 0.385 e. The molecule has 1 atom stereocenters. The van der Waals surface area contributed by atoms with E-state index in [-0.39, 0.29) is 35.9 Å². The number of alkyl halides is 5. The highest BCUT2D eigenvalue weighted by atomic mass is 32.2. The average molecular weight is 574 g/mol. The number of nitrogens with zero attached hydrogens (tertiary/aromatic N) is 3. The zero-order chi connectivity index (χ0) is 28.6. The van der Waals surface area contributed by atoms with Crippen LogP contribution >= 0.6 is 11.8 Å². The van der Waals surface area contributed by atoms with Crippen LogP contribution in [0.2, 0.25) is 0 Å². The predicted molar refractivity (Wildman–Crippen MR) is 139 cm³/mol. The third kappa shape index (κ3) is 8.57. The van der Waals surface area contributed by atoms with E-state index >= 15 is 0 Å². The van der Waals surface area contributed by atoms with Gasteiger partial charge in [-0.25, -0.2) is 8.78 Å². The maximum atomic E-state index is 12.9. The zero-order valence-corrected chi connectivity index (χ0v) is 22.4. The largest absolute Gasteiger partial charge is 0.391 e. The maximum absolute atomic E-state index is 12.9. The quantitative estimate of drug-likeness (QED) is 0.232. The molecule has 0 radical (unpaired) electrons. The fourth-order valence-electron chi connectivity index (χ4n) is 4.61. The molecule has 3 rings (SSSR count). The van der Waals surface area contributed by atoms with Gasteiger partial charge < -0.3 is 20.4 Å². The summed E-state index contributed by atoms with van der Waals surface area (Å²) in [5.74, 6) is -2.40. The highest BCUT2D eigenvalue weighted by Crippen LogP contribution is 2.39. The number of carbonyl (C=O) groups is 2. The van der Waals surface area contributed by atoms with Crippen LogP contribution in [0.25, 0.3) is 0 Å². The molecule has 0 aromatic heterocycles. The molecule has 0 aliphatic carbocycles. The molecule has 7 nitrogen and oxygen atoms in total. The van der Waals surface area contributed by atoms with Crippen molar-refractivity contribution in [2.75, 3.05) is 44.6 Å². The Morgan fingerprint density at radius 3 is 2.59 bits per heavy atom. The van der Waals surface area contributed by atoms with Crippen molar-refractivity contribution in [1.29, 1.82) is 5.26 Å². The third-order valence-electron chi connectivity index (χ3n) is 6.76. The Morgan fingerprint density at radius 1 is 1.26 bits per heavy atom. The maximum Gasteiger partial charge on any atom is 0.391 e. The summed E-state index contributed by atoms with van der Waals surface area (Å²) in [6.45, 7) is 3.02. The van der Waals surface area contributed by atoms with Crippen LogP contribution in [0.1, 0.15) is 31.7 Å². The second-order valence-corrected chi connectivity index (χ2v) is 10.6. The molecule has 0 bridgehead atoms. The molecule has 2 aliphatic rings. The molecule has 1 aromatic carbocycles. The lowest BCUT2D eigenvalue weighted by Crippen LogP contribution is -2.39.